The molecule has 0 aromatic rings. The molecule has 0 bridgehead atoms. The molecule has 0 saturated heterocycles. The zero-order valence-corrected chi connectivity index (χ0v) is 6.87. The average Bonchev–Trinajstić information content (AvgIpc) is 1.89. The summed E-state index contributed by atoms with van der Waals surface area (Å²) in [6, 6.07) is 2.13. The molecule has 0 heterocycles. The lowest BCUT2D eigenvalue weighted by Gasteiger charge is -2.03. The highest BCUT2D eigenvalue weighted by atomic mass is 32.2. The molecule has 1 unspecified atom stereocenters. The van der Waals surface area contributed by atoms with Gasteiger partial charge in [-0.1, -0.05) is 13.8 Å². The Bertz CT molecular complexity index is 95.6. The van der Waals surface area contributed by atoms with Gasteiger partial charge in [-0.2, -0.15) is 17.0 Å². The quantitative estimate of drug-likeness (QED) is 0.564. The predicted molar refractivity (Wildman–Crippen MR) is 42.4 cm³/mol. The first-order valence-electron chi connectivity index (χ1n) is 3.29. The summed E-state index contributed by atoms with van der Waals surface area (Å²) >= 11 is 1.88. The van der Waals surface area contributed by atoms with E-state index in [0.29, 0.717) is 6.42 Å². The Morgan fingerprint density at radius 3 is 2.78 bits per heavy atom. The van der Waals surface area contributed by atoms with Gasteiger partial charge < -0.3 is 0 Å². The van der Waals surface area contributed by atoms with Crippen molar-refractivity contribution in [2.45, 2.75) is 31.9 Å². The van der Waals surface area contributed by atoms with Gasteiger partial charge >= 0.3 is 0 Å². The van der Waals surface area contributed by atoms with Gasteiger partial charge in [0.25, 0.3) is 0 Å². The maximum Gasteiger partial charge on any atom is 0.0630 e. The fourth-order valence-electron chi connectivity index (χ4n) is 0.424. The molecule has 0 aliphatic rings. The molecule has 9 heavy (non-hydrogen) atoms. The van der Waals surface area contributed by atoms with Crippen molar-refractivity contribution in [1.29, 1.82) is 5.26 Å². The summed E-state index contributed by atoms with van der Waals surface area (Å²) in [7, 11) is 0. The standard InChI is InChI=1S/C7H13NS/c1-3-7(2)9-6-4-5-8/h7H,3-4,6H2,1-2H3. The second-order valence-corrected chi connectivity index (χ2v) is 3.54. The van der Waals surface area contributed by atoms with Gasteiger partial charge in [-0.3, -0.25) is 0 Å². The fraction of sp³-hybridized carbons (Fsp3) is 0.857. The third kappa shape index (κ3) is 5.72. The van der Waals surface area contributed by atoms with Gasteiger partial charge in [-0.05, 0) is 6.42 Å². The third-order valence-corrected chi connectivity index (χ3v) is 2.53. The van der Waals surface area contributed by atoms with Crippen molar-refractivity contribution in [3.63, 3.8) is 0 Å². The molecule has 0 saturated carbocycles. The van der Waals surface area contributed by atoms with E-state index in [1.165, 1.54) is 6.42 Å². The Hall–Kier alpha value is -0.160. The van der Waals surface area contributed by atoms with E-state index in [4.69, 9.17) is 5.26 Å². The summed E-state index contributed by atoms with van der Waals surface area (Å²) in [5, 5.41) is 8.91. The smallest absolute Gasteiger partial charge is 0.0630 e. The maximum absolute atomic E-state index is 8.19. The van der Waals surface area contributed by atoms with E-state index in [1.807, 2.05) is 11.8 Å². The van der Waals surface area contributed by atoms with E-state index in [-0.39, 0.29) is 0 Å². The maximum atomic E-state index is 8.19. The Kier molecular flexibility index (Phi) is 5.86. The van der Waals surface area contributed by atoms with Crippen molar-refractivity contribution < 1.29 is 0 Å². The summed E-state index contributed by atoms with van der Waals surface area (Å²) in [4.78, 5) is 0. The minimum absolute atomic E-state index is 0.689. The second kappa shape index (κ2) is 5.97. The molecule has 0 aliphatic heterocycles. The Labute approximate surface area is 61.4 Å². The van der Waals surface area contributed by atoms with E-state index in [0.717, 1.165) is 11.0 Å². The van der Waals surface area contributed by atoms with Crippen molar-refractivity contribution >= 4 is 11.8 Å². The van der Waals surface area contributed by atoms with E-state index in [2.05, 4.69) is 19.9 Å². The monoisotopic (exact) mass is 143 g/mol. The normalized spacial score (nSPS) is 12.6. The van der Waals surface area contributed by atoms with E-state index < -0.39 is 0 Å². The molecule has 1 atom stereocenters. The molecule has 0 rings (SSSR count). The first-order valence-corrected chi connectivity index (χ1v) is 4.34. The number of nitriles is 1. The minimum Gasteiger partial charge on any atom is -0.198 e. The Morgan fingerprint density at radius 2 is 2.33 bits per heavy atom. The van der Waals surface area contributed by atoms with Gasteiger partial charge in [0.2, 0.25) is 0 Å². The molecule has 0 amide bonds. The topological polar surface area (TPSA) is 23.8 Å². The molecule has 0 fully saturated rings. The zero-order valence-electron chi connectivity index (χ0n) is 6.05. The largest absolute Gasteiger partial charge is 0.198 e. The van der Waals surface area contributed by atoms with Crippen LogP contribution < -0.4 is 0 Å². The molecule has 0 radical (unpaired) electrons. The summed E-state index contributed by atoms with van der Waals surface area (Å²) in [6.07, 6.45) is 1.89. The molecule has 0 aromatic carbocycles. The molecule has 52 valence electrons. The molecule has 2 heteroatoms. The fourth-order valence-corrected chi connectivity index (χ4v) is 1.27. The highest BCUT2D eigenvalue weighted by Gasteiger charge is 1.96. The van der Waals surface area contributed by atoms with Crippen LogP contribution in [0.5, 0.6) is 0 Å². The number of hydrogen-bond acceptors (Lipinski definition) is 2. The number of rotatable bonds is 4. The molecule has 0 N–H and O–H groups in total. The number of thioether (sulfide) groups is 1. The molecular formula is C7H13NS. The minimum atomic E-state index is 0.689. The third-order valence-electron chi connectivity index (χ3n) is 1.19. The number of hydrogen-bond donors (Lipinski definition) is 0. The van der Waals surface area contributed by atoms with Crippen LogP contribution in [0.4, 0.5) is 0 Å². The predicted octanol–water partition coefficient (Wildman–Crippen LogP) is 2.43. The van der Waals surface area contributed by atoms with Crippen molar-refractivity contribution in [2.75, 3.05) is 5.75 Å². The van der Waals surface area contributed by atoms with Crippen molar-refractivity contribution in [3.8, 4) is 6.07 Å². The lowest BCUT2D eigenvalue weighted by molar-refractivity contribution is 0.905. The summed E-state index contributed by atoms with van der Waals surface area (Å²) in [6.45, 7) is 4.37. The first-order chi connectivity index (χ1) is 4.31. The van der Waals surface area contributed by atoms with Crippen LogP contribution in [-0.4, -0.2) is 11.0 Å². The van der Waals surface area contributed by atoms with Gasteiger partial charge in [0.15, 0.2) is 0 Å². The highest BCUT2D eigenvalue weighted by Crippen LogP contribution is 2.13. The lowest BCUT2D eigenvalue weighted by Crippen LogP contribution is -1.93. The summed E-state index contributed by atoms with van der Waals surface area (Å²) < 4.78 is 0. The van der Waals surface area contributed by atoms with Crippen LogP contribution in [0, 0.1) is 11.3 Å². The zero-order chi connectivity index (χ0) is 7.11. The Balaban J connectivity index is 2.99. The number of nitrogens with zero attached hydrogens (tertiary/aromatic N) is 1. The van der Waals surface area contributed by atoms with Crippen LogP contribution in [0.3, 0.4) is 0 Å². The van der Waals surface area contributed by atoms with Crippen LogP contribution in [0.2, 0.25) is 0 Å². The van der Waals surface area contributed by atoms with E-state index in [1.54, 1.807) is 0 Å². The molecule has 0 spiro atoms. The summed E-state index contributed by atoms with van der Waals surface area (Å²) in [5.41, 5.74) is 0. The van der Waals surface area contributed by atoms with Gasteiger partial charge in [-0.25, -0.2) is 0 Å². The van der Waals surface area contributed by atoms with Crippen molar-refractivity contribution in [3.05, 3.63) is 0 Å². The van der Waals surface area contributed by atoms with Gasteiger partial charge in [0.1, 0.15) is 0 Å². The molecule has 0 aromatic heterocycles. The van der Waals surface area contributed by atoms with Crippen LogP contribution in [0.15, 0.2) is 0 Å². The van der Waals surface area contributed by atoms with E-state index in [9.17, 15) is 0 Å². The summed E-state index contributed by atoms with van der Waals surface area (Å²) in [5.74, 6) is 0.992. The van der Waals surface area contributed by atoms with Gasteiger partial charge in [0, 0.05) is 17.4 Å². The van der Waals surface area contributed by atoms with E-state index >= 15 is 0 Å². The van der Waals surface area contributed by atoms with Gasteiger partial charge in [0.05, 0.1) is 6.07 Å². The second-order valence-electron chi connectivity index (χ2n) is 2.00. The van der Waals surface area contributed by atoms with Crippen LogP contribution in [0.1, 0.15) is 26.7 Å². The van der Waals surface area contributed by atoms with Crippen molar-refractivity contribution in [2.24, 2.45) is 0 Å². The molecule has 1 nitrogen and oxygen atoms in total. The first kappa shape index (κ1) is 8.84. The SMILES string of the molecule is CCC(C)SCCC#N. The average molecular weight is 143 g/mol. The molecular weight excluding hydrogens is 130 g/mol. The van der Waals surface area contributed by atoms with Crippen LogP contribution in [-0.2, 0) is 0 Å². The lowest BCUT2D eigenvalue weighted by atomic mass is 10.4. The highest BCUT2D eigenvalue weighted by molar-refractivity contribution is 7.99. The van der Waals surface area contributed by atoms with Crippen LogP contribution >= 0.6 is 11.8 Å². The molecule has 0 aliphatic carbocycles. The van der Waals surface area contributed by atoms with Crippen molar-refractivity contribution in [1.82, 2.24) is 0 Å². The Morgan fingerprint density at radius 1 is 1.67 bits per heavy atom. The van der Waals surface area contributed by atoms with Crippen LogP contribution in [0.25, 0.3) is 0 Å². The van der Waals surface area contributed by atoms with Gasteiger partial charge in [-0.15, -0.1) is 0 Å².